The van der Waals surface area contributed by atoms with Crippen LogP contribution >= 0.6 is 0 Å². The number of methoxy groups -OCH3 is 1. The maximum Gasteiger partial charge on any atom is 0.311 e. The number of carbonyl (C=O) groups is 2. The largest absolute Gasteiger partial charge is 0.469 e. The van der Waals surface area contributed by atoms with Gasteiger partial charge in [0.15, 0.2) is 0 Å². The Morgan fingerprint density at radius 1 is 1.38 bits per heavy atom. The van der Waals surface area contributed by atoms with E-state index in [1.54, 1.807) is 13.8 Å². The summed E-state index contributed by atoms with van der Waals surface area (Å²) in [6, 6.07) is 0. The molecule has 0 radical (unpaired) electrons. The predicted octanol–water partition coefficient (Wildman–Crippen LogP) is 1.80. The zero-order chi connectivity index (χ0) is 10.6. The molecule has 0 bridgehead atoms. The van der Waals surface area contributed by atoms with Crippen LogP contribution in [0, 0.1) is 11.3 Å². The summed E-state index contributed by atoms with van der Waals surface area (Å²) in [5.74, 6) is -0.244. The van der Waals surface area contributed by atoms with Gasteiger partial charge in [-0.25, -0.2) is 0 Å². The van der Waals surface area contributed by atoms with Gasteiger partial charge in [-0.15, -0.1) is 0 Å². The quantitative estimate of drug-likeness (QED) is 0.629. The number of esters is 1. The average Bonchev–Trinajstić information content (AvgIpc) is 2.01. The Balaban J connectivity index is 4.32. The van der Waals surface area contributed by atoms with Crippen LogP contribution in [-0.4, -0.2) is 18.9 Å². The number of ketones is 1. The van der Waals surface area contributed by atoms with Gasteiger partial charge in [0.25, 0.3) is 0 Å². The molecule has 0 heterocycles. The van der Waals surface area contributed by atoms with E-state index in [1.807, 2.05) is 6.92 Å². The van der Waals surface area contributed by atoms with Crippen LogP contribution in [0.25, 0.3) is 0 Å². The van der Waals surface area contributed by atoms with Gasteiger partial charge in [-0.05, 0) is 27.2 Å². The minimum absolute atomic E-state index is 0.0888. The minimum atomic E-state index is -0.570. The van der Waals surface area contributed by atoms with Crippen LogP contribution in [0.5, 0.6) is 0 Å². The van der Waals surface area contributed by atoms with Crippen LogP contribution in [0.15, 0.2) is 0 Å². The lowest BCUT2D eigenvalue weighted by Gasteiger charge is -2.23. The van der Waals surface area contributed by atoms with Crippen molar-refractivity contribution < 1.29 is 14.3 Å². The molecule has 0 saturated heterocycles. The molecule has 13 heavy (non-hydrogen) atoms. The Morgan fingerprint density at radius 2 is 1.85 bits per heavy atom. The zero-order valence-corrected chi connectivity index (χ0v) is 9.01. The summed E-state index contributed by atoms with van der Waals surface area (Å²) in [5, 5.41) is 0. The van der Waals surface area contributed by atoms with Crippen molar-refractivity contribution in [3.05, 3.63) is 0 Å². The van der Waals surface area contributed by atoms with Crippen LogP contribution < -0.4 is 0 Å². The fraction of sp³-hybridized carbons (Fsp3) is 0.800. The monoisotopic (exact) mass is 186 g/mol. The Hall–Kier alpha value is -0.860. The second-order valence-corrected chi connectivity index (χ2v) is 4.09. The molecule has 1 unspecified atom stereocenters. The molecule has 0 aromatic heterocycles. The van der Waals surface area contributed by atoms with Gasteiger partial charge in [-0.1, -0.05) is 6.92 Å². The normalized spacial score (nSPS) is 13.6. The van der Waals surface area contributed by atoms with Crippen LogP contribution in [0.2, 0.25) is 0 Å². The summed E-state index contributed by atoms with van der Waals surface area (Å²) in [5.41, 5.74) is -0.570. The van der Waals surface area contributed by atoms with E-state index >= 15 is 0 Å². The molecule has 0 aromatic carbocycles. The highest BCUT2D eigenvalue weighted by Crippen LogP contribution is 2.27. The van der Waals surface area contributed by atoms with Crippen molar-refractivity contribution >= 4 is 11.8 Å². The van der Waals surface area contributed by atoms with Crippen molar-refractivity contribution in [2.24, 2.45) is 11.3 Å². The van der Waals surface area contributed by atoms with Crippen LogP contribution in [-0.2, 0) is 14.3 Å². The summed E-state index contributed by atoms with van der Waals surface area (Å²) >= 11 is 0. The molecule has 0 aliphatic rings. The lowest BCUT2D eigenvalue weighted by atomic mass is 9.82. The highest BCUT2D eigenvalue weighted by atomic mass is 16.5. The fourth-order valence-electron chi connectivity index (χ4n) is 1.27. The first-order chi connectivity index (χ1) is 5.81. The molecule has 0 N–H and O–H groups in total. The molecule has 0 amide bonds. The Bertz CT molecular complexity index is 206. The van der Waals surface area contributed by atoms with E-state index in [-0.39, 0.29) is 17.7 Å². The molecule has 0 spiro atoms. The minimum Gasteiger partial charge on any atom is -0.469 e. The molecule has 1 atom stereocenters. The fourth-order valence-corrected chi connectivity index (χ4v) is 1.27. The molecule has 0 fully saturated rings. The first-order valence-electron chi connectivity index (χ1n) is 4.40. The first kappa shape index (κ1) is 12.1. The number of Topliss-reactive ketones (excluding diaryl/α,β-unsaturated/α-hetero) is 1. The summed E-state index contributed by atoms with van der Waals surface area (Å²) in [6.07, 6.45) is 0.537. The molecule has 76 valence electrons. The van der Waals surface area contributed by atoms with E-state index in [2.05, 4.69) is 4.74 Å². The van der Waals surface area contributed by atoms with Gasteiger partial charge >= 0.3 is 5.97 Å². The van der Waals surface area contributed by atoms with E-state index in [4.69, 9.17) is 0 Å². The Kier molecular flexibility index (Phi) is 4.11. The molecule has 0 aliphatic carbocycles. The zero-order valence-electron chi connectivity index (χ0n) is 9.01. The topological polar surface area (TPSA) is 43.4 Å². The standard InChI is InChI=1S/C10H18O3/c1-7(8(2)11)6-10(3,4)9(12)13-5/h7H,6H2,1-5H3. The van der Waals surface area contributed by atoms with Gasteiger partial charge < -0.3 is 4.74 Å². The van der Waals surface area contributed by atoms with Crippen molar-refractivity contribution in [1.29, 1.82) is 0 Å². The molecule has 0 aromatic rings. The van der Waals surface area contributed by atoms with Gasteiger partial charge in [-0.3, -0.25) is 9.59 Å². The van der Waals surface area contributed by atoms with Gasteiger partial charge in [0.2, 0.25) is 0 Å². The van der Waals surface area contributed by atoms with E-state index in [1.165, 1.54) is 14.0 Å². The van der Waals surface area contributed by atoms with Crippen molar-refractivity contribution in [3.63, 3.8) is 0 Å². The van der Waals surface area contributed by atoms with E-state index in [0.717, 1.165) is 0 Å². The number of rotatable bonds is 4. The average molecular weight is 186 g/mol. The van der Waals surface area contributed by atoms with Crippen molar-refractivity contribution in [2.45, 2.75) is 34.1 Å². The van der Waals surface area contributed by atoms with Crippen molar-refractivity contribution in [1.82, 2.24) is 0 Å². The predicted molar refractivity (Wildman–Crippen MR) is 50.3 cm³/mol. The van der Waals surface area contributed by atoms with Gasteiger partial charge in [0.1, 0.15) is 5.78 Å². The highest BCUT2D eigenvalue weighted by molar-refractivity contribution is 5.80. The smallest absolute Gasteiger partial charge is 0.311 e. The molecular weight excluding hydrogens is 168 g/mol. The SMILES string of the molecule is COC(=O)C(C)(C)CC(C)C(C)=O. The van der Waals surface area contributed by atoms with Crippen molar-refractivity contribution in [2.75, 3.05) is 7.11 Å². The van der Waals surface area contributed by atoms with E-state index in [0.29, 0.717) is 6.42 Å². The molecule has 0 rings (SSSR count). The first-order valence-corrected chi connectivity index (χ1v) is 4.40. The van der Waals surface area contributed by atoms with E-state index < -0.39 is 5.41 Å². The third kappa shape index (κ3) is 3.57. The molecule has 0 aliphatic heterocycles. The van der Waals surface area contributed by atoms with Crippen LogP contribution in [0.1, 0.15) is 34.1 Å². The van der Waals surface area contributed by atoms with Gasteiger partial charge in [0.05, 0.1) is 12.5 Å². The highest BCUT2D eigenvalue weighted by Gasteiger charge is 2.31. The number of ether oxygens (including phenoxy) is 1. The summed E-state index contributed by atoms with van der Waals surface area (Å²) < 4.78 is 4.65. The summed E-state index contributed by atoms with van der Waals surface area (Å²) in [6.45, 7) is 6.95. The van der Waals surface area contributed by atoms with Gasteiger partial charge in [0, 0.05) is 5.92 Å². The third-order valence-electron chi connectivity index (χ3n) is 2.25. The molecule has 3 nitrogen and oxygen atoms in total. The van der Waals surface area contributed by atoms with E-state index in [9.17, 15) is 9.59 Å². The van der Waals surface area contributed by atoms with Crippen LogP contribution in [0.3, 0.4) is 0 Å². The van der Waals surface area contributed by atoms with Gasteiger partial charge in [-0.2, -0.15) is 0 Å². The number of carbonyl (C=O) groups excluding carboxylic acids is 2. The summed E-state index contributed by atoms with van der Waals surface area (Å²) in [7, 11) is 1.36. The van der Waals surface area contributed by atoms with Crippen molar-refractivity contribution in [3.8, 4) is 0 Å². The molecular formula is C10H18O3. The lowest BCUT2D eigenvalue weighted by molar-refractivity contribution is -0.151. The second kappa shape index (κ2) is 4.40. The third-order valence-corrected chi connectivity index (χ3v) is 2.25. The number of hydrogen-bond acceptors (Lipinski definition) is 3. The Morgan fingerprint density at radius 3 is 2.15 bits per heavy atom. The molecule has 3 heteroatoms. The second-order valence-electron chi connectivity index (χ2n) is 4.09. The lowest BCUT2D eigenvalue weighted by Crippen LogP contribution is -2.29. The molecule has 0 saturated carbocycles. The number of hydrogen-bond donors (Lipinski definition) is 0. The maximum absolute atomic E-state index is 11.3. The van der Waals surface area contributed by atoms with Crippen LogP contribution in [0.4, 0.5) is 0 Å². The maximum atomic E-state index is 11.3. The Labute approximate surface area is 79.5 Å². The summed E-state index contributed by atoms with van der Waals surface area (Å²) in [4.78, 5) is 22.2.